The number of hydrogen-bond acceptors (Lipinski definition) is 2. The summed E-state index contributed by atoms with van der Waals surface area (Å²) in [6, 6.07) is 8.15. The molecule has 1 aliphatic heterocycles. The molecule has 1 unspecified atom stereocenters. The number of aliphatic hydroxyl groups excluding tert-OH is 1. The van der Waals surface area contributed by atoms with Crippen molar-refractivity contribution in [3.05, 3.63) is 63.4 Å². The summed E-state index contributed by atoms with van der Waals surface area (Å²) in [4.78, 5) is 0. The molecule has 3 rings (SSSR count). The summed E-state index contributed by atoms with van der Waals surface area (Å²) >= 11 is 6.12. The number of hydrogen-bond donors (Lipinski definition) is 1. The number of aliphatic hydroxyl groups is 1. The van der Waals surface area contributed by atoms with Crippen molar-refractivity contribution in [2.75, 3.05) is 6.61 Å². The van der Waals surface area contributed by atoms with Crippen LogP contribution >= 0.6 is 11.6 Å². The predicted octanol–water partition coefficient (Wildman–Crippen LogP) is 4.00. The zero-order valence-electron chi connectivity index (χ0n) is 11.7. The van der Waals surface area contributed by atoms with E-state index >= 15 is 0 Å². The van der Waals surface area contributed by atoms with E-state index in [0.29, 0.717) is 18.1 Å². The molecular formula is C17H16ClFO2. The molecule has 0 saturated carbocycles. The Labute approximate surface area is 128 Å². The van der Waals surface area contributed by atoms with Crippen LogP contribution in [0.4, 0.5) is 4.39 Å². The predicted molar refractivity (Wildman–Crippen MR) is 80.5 cm³/mol. The molecule has 1 N–H and O–H groups in total. The largest absolute Gasteiger partial charge is 0.493 e. The highest BCUT2D eigenvalue weighted by atomic mass is 35.5. The number of fused-ring (bicyclic) bond motifs is 1. The Morgan fingerprint density at radius 1 is 1.33 bits per heavy atom. The van der Waals surface area contributed by atoms with Crippen molar-refractivity contribution in [1.29, 1.82) is 0 Å². The molecule has 0 bridgehead atoms. The Hall–Kier alpha value is -1.58. The molecule has 1 heterocycles. The van der Waals surface area contributed by atoms with E-state index < -0.39 is 6.10 Å². The summed E-state index contributed by atoms with van der Waals surface area (Å²) in [6.45, 7) is 2.44. The van der Waals surface area contributed by atoms with Crippen LogP contribution < -0.4 is 4.74 Å². The van der Waals surface area contributed by atoms with Crippen LogP contribution in [0.25, 0.3) is 0 Å². The molecule has 0 saturated heterocycles. The lowest BCUT2D eigenvalue weighted by Gasteiger charge is -2.16. The van der Waals surface area contributed by atoms with Crippen LogP contribution in [0.2, 0.25) is 5.02 Å². The summed E-state index contributed by atoms with van der Waals surface area (Å²) in [6.07, 6.45) is 0.529. The molecule has 4 heteroatoms. The average molecular weight is 307 g/mol. The van der Waals surface area contributed by atoms with E-state index in [1.54, 1.807) is 13.0 Å². The van der Waals surface area contributed by atoms with E-state index in [1.165, 1.54) is 12.1 Å². The first-order valence-corrected chi connectivity index (χ1v) is 7.30. The van der Waals surface area contributed by atoms with E-state index in [1.807, 2.05) is 12.1 Å². The average Bonchev–Trinajstić information content (AvgIpc) is 2.86. The smallest absolute Gasteiger partial charge is 0.126 e. The highest BCUT2D eigenvalue weighted by Gasteiger charge is 2.21. The highest BCUT2D eigenvalue weighted by Crippen LogP contribution is 2.35. The van der Waals surface area contributed by atoms with Crippen molar-refractivity contribution < 1.29 is 14.2 Å². The summed E-state index contributed by atoms with van der Waals surface area (Å²) in [5.41, 5.74) is 3.44. The first kappa shape index (κ1) is 14.4. The van der Waals surface area contributed by atoms with Gasteiger partial charge in [0.05, 0.1) is 12.7 Å². The van der Waals surface area contributed by atoms with Gasteiger partial charge in [-0.05, 0) is 53.4 Å². The van der Waals surface area contributed by atoms with Crippen molar-refractivity contribution >= 4 is 11.6 Å². The second-order valence-electron chi connectivity index (χ2n) is 5.37. The molecular weight excluding hydrogens is 291 g/mol. The molecule has 1 aliphatic rings. The molecule has 0 spiro atoms. The molecule has 0 aliphatic carbocycles. The van der Waals surface area contributed by atoms with Gasteiger partial charge in [-0.1, -0.05) is 17.7 Å². The van der Waals surface area contributed by atoms with Gasteiger partial charge in [-0.2, -0.15) is 0 Å². The maximum absolute atomic E-state index is 13.2. The van der Waals surface area contributed by atoms with Gasteiger partial charge >= 0.3 is 0 Å². The van der Waals surface area contributed by atoms with Crippen molar-refractivity contribution in [2.24, 2.45) is 0 Å². The molecule has 110 valence electrons. The van der Waals surface area contributed by atoms with E-state index in [4.69, 9.17) is 16.3 Å². The minimum atomic E-state index is -0.711. The standard InChI is InChI=1S/C17H16ClFO2/c1-10-6-14(19)2-3-15(10)16(20)9-12-8-13(18)7-11-4-5-21-17(11)12/h2-3,6-8,16,20H,4-5,9H2,1H3. The van der Waals surface area contributed by atoms with Crippen LogP contribution in [0.3, 0.4) is 0 Å². The third kappa shape index (κ3) is 2.89. The summed E-state index contributed by atoms with van der Waals surface area (Å²) in [7, 11) is 0. The van der Waals surface area contributed by atoms with E-state index in [0.717, 1.165) is 34.4 Å². The van der Waals surface area contributed by atoms with Crippen molar-refractivity contribution in [3.63, 3.8) is 0 Å². The molecule has 1 atom stereocenters. The van der Waals surface area contributed by atoms with Crippen LogP contribution in [0.5, 0.6) is 5.75 Å². The summed E-state index contributed by atoms with van der Waals surface area (Å²) in [5, 5.41) is 11.1. The van der Waals surface area contributed by atoms with Gasteiger partial charge in [0, 0.05) is 17.9 Å². The highest BCUT2D eigenvalue weighted by molar-refractivity contribution is 6.30. The monoisotopic (exact) mass is 306 g/mol. The van der Waals surface area contributed by atoms with E-state index in [-0.39, 0.29) is 5.82 Å². The molecule has 0 aromatic heterocycles. The number of benzene rings is 2. The van der Waals surface area contributed by atoms with Gasteiger partial charge < -0.3 is 9.84 Å². The fraction of sp³-hybridized carbons (Fsp3) is 0.294. The van der Waals surface area contributed by atoms with Gasteiger partial charge in [0.2, 0.25) is 0 Å². The molecule has 2 nitrogen and oxygen atoms in total. The Balaban J connectivity index is 1.90. The van der Waals surface area contributed by atoms with Gasteiger partial charge in [0.1, 0.15) is 11.6 Å². The SMILES string of the molecule is Cc1cc(F)ccc1C(O)Cc1cc(Cl)cc2c1OCC2. The van der Waals surface area contributed by atoms with Gasteiger partial charge in [0.15, 0.2) is 0 Å². The minimum Gasteiger partial charge on any atom is -0.493 e. The molecule has 2 aromatic carbocycles. The molecule has 0 radical (unpaired) electrons. The molecule has 21 heavy (non-hydrogen) atoms. The summed E-state index contributed by atoms with van der Waals surface area (Å²) in [5.74, 6) is 0.536. The topological polar surface area (TPSA) is 29.5 Å². The van der Waals surface area contributed by atoms with Gasteiger partial charge in [-0.25, -0.2) is 4.39 Å². The number of aryl methyl sites for hydroxylation is 1. The number of rotatable bonds is 3. The number of halogens is 2. The van der Waals surface area contributed by atoms with Crippen LogP contribution in [-0.2, 0) is 12.8 Å². The third-order valence-electron chi connectivity index (χ3n) is 3.83. The van der Waals surface area contributed by atoms with Crippen LogP contribution in [0.15, 0.2) is 30.3 Å². The van der Waals surface area contributed by atoms with Gasteiger partial charge in [0.25, 0.3) is 0 Å². The lowest BCUT2D eigenvalue weighted by atomic mass is 9.96. The first-order valence-electron chi connectivity index (χ1n) is 6.93. The minimum absolute atomic E-state index is 0.296. The Bertz CT molecular complexity index is 685. The van der Waals surface area contributed by atoms with Crippen LogP contribution in [0.1, 0.15) is 28.4 Å². The molecule has 0 fully saturated rings. The lowest BCUT2D eigenvalue weighted by Crippen LogP contribution is -2.05. The van der Waals surface area contributed by atoms with Crippen LogP contribution in [0, 0.1) is 12.7 Å². The normalized spacial score (nSPS) is 14.7. The number of ether oxygens (including phenoxy) is 1. The fourth-order valence-electron chi connectivity index (χ4n) is 2.83. The Morgan fingerprint density at radius 2 is 2.14 bits per heavy atom. The zero-order valence-corrected chi connectivity index (χ0v) is 12.5. The Morgan fingerprint density at radius 3 is 2.90 bits per heavy atom. The van der Waals surface area contributed by atoms with Crippen molar-refractivity contribution in [3.8, 4) is 5.75 Å². The van der Waals surface area contributed by atoms with Crippen molar-refractivity contribution in [2.45, 2.75) is 25.9 Å². The quantitative estimate of drug-likeness (QED) is 0.929. The molecule has 0 amide bonds. The fourth-order valence-corrected chi connectivity index (χ4v) is 3.09. The Kier molecular flexibility index (Phi) is 3.87. The van der Waals surface area contributed by atoms with Gasteiger partial charge in [-0.15, -0.1) is 0 Å². The lowest BCUT2D eigenvalue weighted by molar-refractivity contribution is 0.176. The maximum atomic E-state index is 13.2. The van der Waals surface area contributed by atoms with E-state index in [2.05, 4.69) is 0 Å². The third-order valence-corrected chi connectivity index (χ3v) is 4.05. The second-order valence-corrected chi connectivity index (χ2v) is 5.81. The zero-order chi connectivity index (χ0) is 15.0. The van der Waals surface area contributed by atoms with Crippen LogP contribution in [-0.4, -0.2) is 11.7 Å². The van der Waals surface area contributed by atoms with E-state index in [9.17, 15) is 9.50 Å². The van der Waals surface area contributed by atoms with Crippen molar-refractivity contribution in [1.82, 2.24) is 0 Å². The molecule has 2 aromatic rings. The first-order chi connectivity index (χ1) is 10.0. The second kappa shape index (κ2) is 5.66. The summed E-state index contributed by atoms with van der Waals surface area (Å²) < 4.78 is 18.8. The van der Waals surface area contributed by atoms with Gasteiger partial charge in [-0.3, -0.25) is 0 Å². The maximum Gasteiger partial charge on any atom is 0.126 e.